The van der Waals surface area contributed by atoms with E-state index in [1.807, 2.05) is 32.0 Å². The van der Waals surface area contributed by atoms with Gasteiger partial charge in [0.25, 0.3) is 0 Å². The molecule has 1 N–H and O–H groups in total. The number of aryl methyl sites for hydroxylation is 1. The fourth-order valence-electron chi connectivity index (χ4n) is 1.81. The number of carboxylic acid groups (broad SMARTS) is 1. The quantitative estimate of drug-likeness (QED) is 0.791. The van der Waals surface area contributed by atoms with Gasteiger partial charge in [0.1, 0.15) is 0 Å². The summed E-state index contributed by atoms with van der Waals surface area (Å²) < 4.78 is 11.1. The Balaban J connectivity index is 2.81. The van der Waals surface area contributed by atoms with Gasteiger partial charge < -0.3 is 14.6 Å². The van der Waals surface area contributed by atoms with E-state index in [2.05, 4.69) is 0 Å². The first-order valence-electron chi connectivity index (χ1n) is 7.02. The standard InChI is InChI=1S/C16H24O4/c1-5-19-13-8-7-12(11-14(13)20-6-2)9-10-16(3,4)15(17)18/h7-8,11H,5-6,9-10H2,1-4H3,(H,17,18). The van der Waals surface area contributed by atoms with E-state index in [1.165, 1.54) is 0 Å². The molecule has 0 radical (unpaired) electrons. The molecule has 0 aliphatic heterocycles. The average molecular weight is 280 g/mol. The van der Waals surface area contributed by atoms with Crippen molar-refractivity contribution in [1.29, 1.82) is 0 Å². The van der Waals surface area contributed by atoms with Crippen LogP contribution in [0.25, 0.3) is 0 Å². The van der Waals surface area contributed by atoms with Crippen LogP contribution in [0.4, 0.5) is 0 Å². The SMILES string of the molecule is CCOc1ccc(CCC(C)(C)C(=O)O)cc1OCC. The zero-order valence-electron chi connectivity index (χ0n) is 12.7. The van der Waals surface area contributed by atoms with Crippen molar-refractivity contribution in [3.8, 4) is 11.5 Å². The molecule has 0 atom stereocenters. The Labute approximate surface area is 120 Å². The number of carboxylic acids is 1. The fraction of sp³-hybridized carbons (Fsp3) is 0.562. The minimum Gasteiger partial charge on any atom is -0.490 e. The molecular weight excluding hydrogens is 256 g/mol. The van der Waals surface area contributed by atoms with Gasteiger partial charge in [-0.15, -0.1) is 0 Å². The number of aliphatic carboxylic acids is 1. The third-order valence-electron chi connectivity index (χ3n) is 3.23. The smallest absolute Gasteiger partial charge is 0.309 e. The van der Waals surface area contributed by atoms with E-state index in [9.17, 15) is 4.79 Å². The molecule has 0 amide bonds. The molecule has 20 heavy (non-hydrogen) atoms. The van der Waals surface area contributed by atoms with Crippen LogP contribution >= 0.6 is 0 Å². The summed E-state index contributed by atoms with van der Waals surface area (Å²) in [7, 11) is 0. The first kappa shape index (κ1) is 16.3. The molecule has 1 rings (SSSR count). The fourth-order valence-corrected chi connectivity index (χ4v) is 1.81. The predicted molar refractivity (Wildman–Crippen MR) is 78.5 cm³/mol. The molecule has 0 fully saturated rings. The molecular formula is C16H24O4. The topological polar surface area (TPSA) is 55.8 Å². The van der Waals surface area contributed by atoms with E-state index in [-0.39, 0.29) is 0 Å². The lowest BCUT2D eigenvalue weighted by Gasteiger charge is -2.19. The van der Waals surface area contributed by atoms with Crippen LogP contribution in [-0.2, 0) is 11.2 Å². The van der Waals surface area contributed by atoms with E-state index in [0.29, 0.717) is 26.1 Å². The van der Waals surface area contributed by atoms with Gasteiger partial charge in [-0.1, -0.05) is 6.07 Å². The predicted octanol–water partition coefficient (Wildman–Crippen LogP) is 3.53. The van der Waals surface area contributed by atoms with Gasteiger partial charge in [0.2, 0.25) is 0 Å². The van der Waals surface area contributed by atoms with E-state index >= 15 is 0 Å². The maximum absolute atomic E-state index is 11.1. The van der Waals surface area contributed by atoms with Crippen molar-refractivity contribution in [3.63, 3.8) is 0 Å². The molecule has 0 saturated heterocycles. The molecule has 112 valence electrons. The number of rotatable bonds is 8. The Morgan fingerprint density at radius 1 is 1.15 bits per heavy atom. The highest BCUT2D eigenvalue weighted by Gasteiger charge is 2.26. The lowest BCUT2D eigenvalue weighted by molar-refractivity contribution is -0.147. The summed E-state index contributed by atoms with van der Waals surface area (Å²) >= 11 is 0. The molecule has 4 nitrogen and oxygen atoms in total. The third-order valence-corrected chi connectivity index (χ3v) is 3.23. The van der Waals surface area contributed by atoms with E-state index < -0.39 is 11.4 Å². The maximum Gasteiger partial charge on any atom is 0.309 e. The number of ether oxygens (including phenoxy) is 2. The van der Waals surface area contributed by atoms with Gasteiger partial charge in [-0.2, -0.15) is 0 Å². The normalized spacial score (nSPS) is 11.2. The first-order valence-corrected chi connectivity index (χ1v) is 7.02. The zero-order valence-corrected chi connectivity index (χ0v) is 12.7. The maximum atomic E-state index is 11.1. The van der Waals surface area contributed by atoms with E-state index in [0.717, 1.165) is 17.1 Å². The van der Waals surface area contributed by atoms with Crippen molar-refractivity contribution in [2.45, 2.75) is 40.5 Å². The highest BCUT2D eigenvalue weighted by molar-refractivity contribution is 5.73. The van der Waals surface area contributed by atoms with E-state index in [4.69, 9.17) is 14.6 Å². The van der Waals surface area contributed by atoms with Crippen LogP contribution in [0.15, 0.2) is 18.2 Å². The van der Waals surface area contributed by atoms with Crippen LogP contribution in [-0.4, -0.2) is 24.3 Å². The van der Waals surface area contributed by atoms with Gasteiger partial charge in [0.05, 0.1) is 18.6 Å². The van der Waals surface area contributed by atoms with Crippen LogP contribution in [0.1, 0.15) is 39.7 Å². The largest absolute Gasteiger partial charge is 0.490 e. The van der Waals surface area contributed by atoms with Crippen molar-refractivity contribution in [3.05, 3.63) is 23.8 Å². The van der Waals surface area contributed by atoms with Gasteiger partial charge in [0, 0.05) is 0 Å². The van der Waals surface area contributed by atoms with Crippen molar-refractivity contribution in [2.24, 2.45) is 5.41 Å². The second-order valence-electron chi connectivity index (χ2n) is 5.34. The molecule has 1 aromatic carbocycles. The van der Waals surface area contributed by atoms with Gasteiger partial charge >= 0.3 is 5.97 Å². The summed E-state index contributed by atoms with van der Waals surface area (Å²) in [4.78, 5) is 11.1. The molecule has 0 heterocycles. The Kier molecular flexibility index (Phi) is 5.86. The number of carbonyl (C=O) groups is 1. The molecule has 0 saturated carbocycles. The Hall–Kier alpha value is -1.71. The molecule has 4 heteroatoms. The highest BCUT2D eigenvalue weighted by atomic mass is 16.5. The molecule has 0 aromatic heterocycles. The van der Waals surface area contributed by atoms with Crippen LogP contribution in [0.5, 0.6) is 11.5 Å². The molecule has 0 aliphatic carbocycles. The second-order valence-corrected chi connectivity index (χ2v) is 5.34. The Bertz CT molecular complexity index is 452. The van der Waals surface area contributed by atoms with Gasteiger partial charge in [-0.3, -0.25) is 4.79 Å². The summed E-state index contributed by atoms with van der Waals surface area (Å²) in [5.41, 5.74) is 0.343. The van der Waals surface area contributed by atoms with Gasteiger partial charge in [-0.25, -0.2) is 0 Å². The molecule has 0 unspecified atom stereocenters. The Morgan fingerprint density at radius 3 is 2.30 bits per heavy atom. The zero-order chi connectivity index (χ0) is 15.2. The summed E-state index contributed by atoms with van der Waals surface area (Å²) in [6, 6.07) is 5.79. The second kappa shape index (κ2) is 7.17. The van der Waals surface area contributed by atoms with Gasteiger partial charge in [0.15, 0.2) is 11.5 Å². The third kappa shape index (κ3) is 4.44. The minimum atomic E-state index is -0.770. The average Bonchev–Trinajstić information content (AvgIpc) is 2.39. The highest BCUT2D eigenvalue weighted by Crippen LogP contribution is 2.30. The van der Waals surface area contributed by atoms with Gasteiger partial charge in [-0.05, 0) is 58.2 Å². The molecule has 0 aliphatic rings. The first-order chi connectivity index (χ1) is 9.40. The summed E-state index contributed by atoms with van der Waals surface area (Å²) in [5, 5.41) is 9.13. The van der Waals surface area contributed by atoms with Crippen LogP contribution < -0.4 is 9.47 Å². The van der Waals surface area contributed by atoms with Crippen molar-refractivity contribution >= 4 is 5.97 Å². The monoisotopic (exact) mass is 280 g/mol. The van der Waals surface area contributed by atoms with Crippen molar-refractivity contribution < 1.29 is 19.4 Å². The lowest BCUT2D eigenvalue weighted by Crippen LogP contribution is -2.24. The summed E-state index contributed by atoms with van der Waals surface area (Å²) in [6.07, 6.45) is 1.29. The van der Waals surface area contributed by atoms with Crippen molar-refractivity contribution in [2.75, 3.05) is 13.2 Å². The molecule has 0 spiro atoms. The number of hydrogen-bond acceptors (Lipinski definition) is 3. The van der Waals surface area contributed by atoms with Crippen LogP contribution in [0.3, 0.4) is 0 Å². The number of hydrogen-bond donors (Lipinski definition) is 1. The van der Waals surface area contributed by atoms with Crippen molar-refractivity contribution in [1.82, 2.24) is 0 Å². The van der Waals surface area contributed by atoms with Crippen LogP contribution in [0.2, 0.25) is 0 Å². The van der Waals surface area contributed by atoms with Crippen LogP contribution in [0, 0.1) is 5.41 Å². The Morgan fingerprint density at radius 2 is 1.75 bits per heavy atom. The minimum absolute atomic E-state index is 0.574. The van der Waals surface area contributed by atoms with E-state index in [1.54, 1.807) is 13.8 Å². The summed E-state index contributed by atoms with van der Waals surface area (Å²) in [5.74, 6) is 0.684. The molecule has 0 bridgehead atoms. The lowest BCUT2D eigenvalue weighted by atomic mass is 9.86. The number of benzene rings is 1. The summed E-state index contributed by atoms with van der Waals surface area (Å²) in [6.45, 7) is 8.51. The molecule has 1 aromatic rings.